The topological polar surface area (TPSA) is 145 Å². The molecule has 1 aliphatic carbocycles. The summed E-state index contributed by atoms with van der Waals surface area (Å²) in [7, 11) is 1.19. The minimum absolute atomic E-state index is 0.0770. The third kappa shape index (κ3) is 2.66. The molecular formula is C24H20O8. The Morgan fingerprint density at radius 2 is 1.56 bits per heavy atom. The van der Waals surface area contributed by atoms with Gasteiger partial charge in [0.1, 0.15) is 39.9 Å². The lowest BCUT2D eigenvalue weighted by Gasteiger charge is -2.38. The molecule has 5 N–H and O–H groups in total. The molecule has 0 saturated heterocycles. The molecular weight excluding hydrogens is 416 g/mol. The van der Waals surface area contributed by atoms with Crippen LogP contribution in [0.2, 0.25) is 0 Å². The van der Waals surface area contributed by atoms with Gasteiger partial charge in [-0.1, -0.05) is 18.2 Å². The molecule has 0 aliphatic heterocycles. The van der Waals surface area contributed by atoms with Gasteiger partial charge in [-0.25, -0.2) is 0 Å². The van der Waals surface area contributed by atoms with Crippen LogP contribution in [0, 0.1) is 6.92 Å². The van der Waals surface area contributed by atoms with Crippen LogP contribution in [0.5, 0.6) is 28.7 Å². The van der Waals surface area contributed by atoms with Crippen molar-refractivity contribution in [2.45, 2.75) is 19.4 Å². The first-order chi connectivity index (χ1) is 15.0. The number of aromatic hydroxyl groups is 4. The predicted molar refractivity (Wildman–Crippen MR) is 113 cm³/mol. The molecule has 3 aromatic carbocycles. The van der Waals surface area contributed by atoms with Gasteiger partial charge >= 0.3 is 0 Å². The SMILES string of the molecule is COc1c(C(C)=O)c(O)cc(O)c1[C@@]1(O)c2cccc(O)c2C(=O)c2c(O)cc(C)cc21. The van der Waals surface area contributed by atoms with E-state index in [4.69, 9.17) is 4.74 Å². The summed E-state index contributed by atoms with van der Waals surface area (Å²) in [5.41, 5.74) is -3.17. The highest BCUT2D eigenvalue weighted by atomic mass is 16.5. The van der Waals surface area contributed by atoms with Gasteiger partial charge in [0.25, 0.3) is 0 Å². The number of hydrogen-bond donors (Lipinski definition) is 5. The van der Waals surface area contributed by atoms with Crippen molar-refractivity contribution in [2.24, 2.45) is 0 Å². The first-order valence-corrected chi connectivity index (χ1v) is 9.61. The van der Waals surface area contributed by atoms with Gasteiger partial charge in [0.2, 0.25) is 5.78 Å². The van der Waals surface area contributed by atoms with E-state index in [0.29, 0.717) is 5.56 Å². The molecule has 0 amide bonds. The molecule has 0 spiro atoms. The molecule has 1 atom stereocenters. The molecule has 164 valence electrons. The summed E-state index contributed by atoms with van der Waals surface area (Å²) in [6.45, 7) is 2.81. The van der Waals surface area contributed by atoms with Crippen molar-refractivity contribution < 1.29 is 39.9 Å². The Morgan fingerprint density at radius 1 is 0.906 bits per heavy atom. The quantitative estimate of drug-likeness (QED) is 0.394. The molecule has 0 aromatic heterocycles. The van der Waals surface area contributed by atoms with E-state index in [9.17, 15) is 35.1 Å². The zero-order chi connectivity index (χ0) is 23.5. The second-order valence-electron chi connectivity index (χ2n) is 7.70. The fourth-order valence-corrected chi connectivity index (χ4v) is 4.44. The smallest absolute Gasteiger partial charge is 0.201 e. The standard InChI is InChI=1S/C24H20O8/c1-10-7-13-20(15(27)8-10)22(30)19-12(5-4-6-14(19)26)24(13,31)21-17(29)9-16(28)18(11(2)25)23(21)32-3/h4-9,26-29,31H,1-3H3/t24-/m1/s1. The number of methoxy groups -OCH3 is 1. The summed E-state index contributed by atoms with van der Waals surface area (Å²) in [4.78, 5) is 25.5. The van der Waals surface area contributed by atoms with Crippen LogP contribution in [0.15, 0.2) is 36.4 Å². The van der Waals surface area contributed by atoms with Gasteiger partial charge in [0.05, 0.1) is 23.8 Å². The van der Waals surface area contributed by atoms with E-state index in [0.717, 1.165) is 6.07 Å². The van der Waals surface area contributed by atoms with Crippen molar-refractivity contribution in [3.05, 3.63) is 75.3 Å². The Kier molecular flexibility index (Phi) is 4.64. The molecule has 8 heteroatoms. The molecule has 0 heterocycles. The van der Waals surface area contributed by atoms with Gasteiger partial charge in [-0.3, -0.25) is 9.59 Å². The molecule has 0 fully saturated rings. The number of phenolic OH excluding ortho intramolecular Hbond substituents is 4. The largest absolute Gasteiger partial charge is 0.507 e. The fraction of sp³-hybridized carbons (Fsp3) is 0.167. The highest BCUT2D eigenvalue weighted by Gasteiger charge is 2.50. The van der Waals surface area contributed by atoms with Gasteiger partial charge in [-0.05, 0) is 31.5 Å². The average molecular weight is 436 g/mol. The molecule has 32 heavy (non-hydrogen) atoms. The minimum Gasteiger partial charge on any atom is -0.507 e. The summed E-state index contributed by atoms with van der Waals surface area (Å²) >= 11 is 0. The third-order valence-electron chi connectivity index (χ3n) is 5.70. The van der Waals surface area contributed by atoms with Crippen molar-refractivity contribution >= 4 is 11.6 Å². The summed E-state index contributed by atoms with van der Waals surface area (Å²) in [5.74, 6) is -3.69. The van der Waals surface area contributed by atoms with Gasteiger partial charge in [0.15, 0.2) is 5.78 Å². The molecule has 0 saturated carbocycles. The van der Waals surface area contributed by atoms with Crippen LogP contribution in [0.25, 0.3) is 0 Å². The number of aryl methyl sites for hydroxylation is 1. The first-order valence-electron chi connectivity index (χ1n) is 9.61. The van der Waals surface area contributed by atoms with E-state index in [1.54, 1.807) is 6.92 Å². The van der Waals surface area contributed by atoms with Crippen LogP contribution in [0.4, 0.5) is 0 Å². The van der Waals surface area contributed by atoms with Crippen molar-refractivity contribution in [2.75, 3.05) is 7.11 Å². The maximum atomic E-state index is 13.2. The predicted octanol–water partition coefficient (Wildman–Crippen LogP) is 2.86. The van der Waals surface area contributed by atoms with E-state index in [1.807, 2.05) is 0 Å². The highest BCUT2D eigenvalue weighted by Crippen LogP contribution is 2.55. The first kappa shape index (κ1) is 21.2. The number of carbonyl (C=O) groups is 2. The number of hydrogen-bond acceptors (Lipinski definition) is 8. The summed E-state index contributed by atoms with van der Waals surface area (Å²) in [6.07, 6.45) is 0. The van der Waals surface area contributed by atoms with Crippen molar-refractivity contribution in [1.29, 1.82) is 0 Å². The summed E-state index contributed by atoms with van der Waals surface area (Å²) in [5, 5.41) is 54.4. The van der Waals surface area contributed by atoms with Crippen molar-refractivity contribution in [3.8, 4) is 28.7 Å². The summed E-state index contributed by atoms with van der Waals surface area (Å²) < 4.78 is 5.35. The zero-order valence-corrected chi connectivity index (χ0v) is 17.4. The summed E-state index contributed by atoms with van der Waals surface area (Å²) in [6, 6.07) is 7.72. The van der Waals surface area contributed by atoms with E-state index in [2.05, 4.69) is 0 Å². The number of Topliss-reactive ketones (excluding diaryl/α,β-unsaturated/α-hetero) is 1. The van der Waals surface area contributed by atoms with Crippen LogP contribution in [0.3, 0.4) is 0 Å². The number of benzene rings is 3. The number of fused-ring (bicyclic) bond motifs is 2. The molecule has 8 nitrogen and oxygen atoms in total. The van der Waals surface area contributed by atoms with Crippen molar-refractivity contribution in [1.82, 2.24) is 0 Å². The van der Waals surface area contributed by atoms with Crippen LogP contribution < -0.4 is 4.74 Å². The van der Waals surface area contributed by atoms with Gasteiger partial charge in [-0.2, -0.15) is 0 Å². The van der Waals surface area contributed by atoms with Gasteiger partial charge < -0.3 is 30.3 Å². The molecule has 0 bridgehead atoms. The average Bonchev–Trinajstić information content (AvgIpc) is 2.70. The number of carbonyl (C=O) groups excluding carboxylic acids is 2. The number of phenols is 4. The lowest BCUT2D eigenvalue weighted by Crippen LogP contribution is -2.37. The van der Waals surface area contributed by atoms with Crippen LogP contribution in [-0.4, -0.2) is 44.2 Å². The lowest BCUT2D eigenvalue weighted by molar-refractivity contribution is 0.0915. The second-order valence-corrected chi connectivity index (χ2v) is 7.70. The van der Waals surface area contributed by atoms with E-state index >= 15 is 0 Å². The highest BCUT2D eigenvalue weighted by molar-refractivity contribution is 6.16. The Hall–Kier alpha value is -4.04. The normalized spacial score (nSPS) is 16.9. The number of rotatable bonds is 3. The van der Waals surface area contributed by atoms with Gasteiger partial charge in [-0.15, -0.1) is 0 Å². The zero-order valence-electron chi connectivity index (χ0n) is 17.4. The van der Waals surface area contributed by atoms with Crippen LogP contribution in [-0.2, 0) is 5.60 Å². The monoisotopic (exact) mass is 436 g/mol. The van der Waals surface area contributed by atoms with E-state index in [-0.39, 0.29) is 39.1 Å². The second kappa shape index (κ2) is 7.00. The van der Waals surface area contributed by atoms with Gasteiger partial charge in [0, 0.05) is 17.2 Å². The lowest BCUT2D eigenvalue weighted by atomic mass is 9.69. The number of aliphatic hydroxyl groups is 1. The minimum atomic E-state index is -2.34. The molecule has 0 unspecified atom stereocenters. The van der Waals surface area contributed by atoms with Crippen molar-refractivity contribution in [3.63, 3.8) is 0 Å². The molecule has 3 aromatic rings. The number of ketones is 2. The maximum absolute atomic E-state index is 13.2. The molecule has 4 rings (SSSR count). The fourth-order valence-electron chi connectivity index (χ4n) is 4.44. The number of ether oxygens (including phenoxy) is 1. The van der Waals surface area contributed by atoms with Crippen LogP contribution >= 0.6 is 0 Å². The third-order valence-corrected chi connectivity index (χ3v) is 5.70. The Bertz CT molecular complexity index is 1320. The Morgan fingerprint density at radius 3 is 2.19 bits per heavy atom. The molecule has 1 aliphatic rings. The maximum Gasteiger partial charge on any atom is 0.201 e. The Balaban J connectivity index is 2.27. The van der Waals surface area contributed by atoms with Crippen LogP contribution in [0.1, 0.15) is 55.5 Å². The van der Waals surface area contributed by atoms with E-state index < -0.39 is 40.2 Å². The Labute approximate surface area is 182 Å². The van der Waals surface area contributed by atoms with E-state index in [1.165, 1.54) is 44.4 Å². The molecule has 0 radical (unpaired) electrons.